The number of unbranched alkanes of at least 4 members (excludes halogenated alkanes) is 7. The number of carbonyl (C=O) groups is 1. The molecule has 0 aliphatic carbocycles. The number of aryl methyl sites for hydroxylation is 1. The second-order valence-electron chi connectivity index (χ2n) is 7.09. The number of carbonyl (C=O) groups excluding carboxylic acids is 1. The Labute approximate surface area is 164 Å². The zero-order valence-corrected chi connectivity index (χ0v) is 16.6. The minimum Gasteiger partial charge on any atom is -0.497 e. The van der Waals surface area contributed by atoms with Crippen molar-refractivity contribution in [3.05, 3.63) is 59.7 Å². The van der Waals surface area contributed by atoms with Crippen LogP contribution in [0.5, 0.6) is 5.75 Å². The fourth-order valence-electron chi connectivity index (χ4n) is 3.22. The largest absolute Gasteiger partial charge is 0.497 e. The van der Waals surface area contributed by atoms with Crippen molar-refractivity contribution in [3.63, 3.8) is 0 Å². The molecule has 0 aliphatic rings. The van der Waals surface area contributed by atoms with Crippen LogP contribution in [-0.4, -0.2) is 19.9 Å². The van der Waals surface area contributed by atoms with Crippen LogP contribution in [0.25, 0.3) is 0 Å². The summed E-state index contributed by atoms with van der Waals surface area (Å²) in [6.07, 6.45) is 12.5. The van der Waals surface area contributed by atoms with Gasteiger partial charge in [-0.1, -0.05) is 50.7 Å². The Morgan fingerprint density at radius 3 is 1.96 bits per heavy atom. The highest BCUT2D eigenvalue weighted by atomic mass is 16.5. The smallest absolute Gasteiger partial charge is 0.150 e. The maximum Gasteiger partial charge on any atom is 0.150 e. The first-order valence-corrected chi connectivity index (χ1v) is 10.2. The molecule has 0 bridgehead atoms. The van der Waals surface area contributed by atoms with Crippen molar-refractivity contribution in [2.45, 2.75) is 57.8 Å². The summed E-state index contributed by atoms with van der Waals surface area (Å²) in [6.45, 7) is 1.00. The third-order valence-electron chi connectivity index (χ3n) is 4.93. The van der Waals surface area contributed by atoms with Gasteiger partial charge >= 0.3 is 0 Å². The molecule has 146 valence electrons. The topological polar surface area (TPSA) is 38.3 Å². The van der Waals surface area contributed by atoms with E-state index in [1.807, 2.05) is 36.4 Å². The van der Waals surface area contributed by atoms with Crippen molar-refractivity contribution < 1.29 is 9.53 Å². The molecule has 0 fully saturated rings. The minimum atomic E-state index is 0.726. The van der Waals surface area contributed by atoms with E-state index >= 15 is 0 Å². The highest BCUT2D eigenvalue weighted by Gasteiger charge is 1.97. The monoisotopic (exact) mass is 367 g/mol. The van der Waals surface area contributed by atoms with Gasteiger partial charge in [0.2, 0.25) is 0 Å². The fourth-order valence-corrected chi connectivity index (χ4v) is 3.22. The van der Waals surface area contributed by atoms with Gasteiger partial charge in [-0.2, -0.15) is 0 Å². The molecule has 0 radical (unpaired) electrons. The third kappa shape index (κ3) is 8.76. The van der Waals surface area contributed by atoms with Gasteiger partial charge in [-0.25, -0.2) is 0 Å². The Balaban J connectivity index is 1.39. The first-order chi connectivity index (χ1) is 13.3. The predicted octanol–water partition coefficient (Wildman–Crippen LogP) is 6.28. The minimum absolute atomic E-state index is 0.726. The Morgan fingerprint density at radius 1 is 0.778 bits per heavy atom. The van der Waals surface area contributed by atoms with E-state index in [0.29, 0.717) is 0 Å². The van der Waals surface area contributed by atoms with Crippen LogP contribution < -0.4 is 10.1 Å². The van der Waals surface area contributed by atoms with Crippen molar-refractivity contribution in [1.82, 2.24) is 0 Å². The lowest BCUT2D eigenvalue weighted by Gasteiger charge is -2.07. The van der Waals surface area contributed by atoms with Gasteiger partial charge in [-0.15, -0.1) is 0 Å². The zero-order valence-electron chi connectivity index (χ0n) is 16.6. The van der Waals surface area contributed by atoms with Crippen LogP contribution in [0, 0.1) is 0 Å². The number of rotatable bonds is 14. The summed E-state index contributed by atoms with van der Waals surface area (Å²) in [6, 6.07) is 16.1. The van der Waals surface area contributed by atoms with Gasteiger partial charge in [0.25, 0.3) is 0 Å². The number of ether oxygens (including phenoxy) is 1. The molecule has 0 amide bonds. The first kappa shape index (κ1) is 21.0. The summed E-state index contributed by atoms with van der Waals surface area (Å²) in [5, 5.41) is 3.41. The van der Waals surface area contributed by atoms with Gasteiger partial charge in [0, 0.05) is 17.8 Å². The van der Waals surface area contributed by atoms with E-state index < -0.39 is 0 Å². The molecule has 0 unspecified atom stereocenters. The summed E-state index contributed by atoms with van der Waals surface area (Å²) in [7, 11) is 1.71. The summed E-state index contributed by atoms with van der Waals surface area (Å²) >= 11 is 0. The van der Waals surface area contributed by atoms with Gasteiger partial charge in [-0.3, -0.25) is 4.79 Å². The van der Waals surface area contributed by atoms with E-state index in [1.165, 1.54) is 63.4 Å². The van der Waals surface area contributed by atoms with Crippen LogP contribution in [0.3, 0.4) is 0 Å². The molecule has 0 atom stereocenters. The molecule has 0 saturated carbocycles. The summed E-state index contributed by atoms with van der Waals surface area (Å²) in [5.41, 5.74) is 3.23. The van der Waals surface area contributed by atoms with Gasteiger partial charge in [0.05, 0.1) is 7.11 Å². The maximum atomic E-state index is 10.6. The Morgan fingerprint density at radius 2 is 1.37 bits per heavy atom. The number of anilines is 1. The Hall–Kier alpha value is -2.29. The molecule has 0 heterocycles. The highest BCUT2D eigenvalue weighted by molar-refractivity contribution is 5.75. The van der Waals surface area contributed by atoms with E-state index in [4.69, 9.17) is 4.74 Å². The van der Waals surface area contributed by atoms with E-state index in [0.717, 1.165) is 29.8 Å². The van der Waals surface area contributed by atoms with Crippen LogP contribution >= 0.6 is 0 Å². The number of methoxy groups -OCH3 is 1. The normalized spacial score (nSPS) is 10.6. The second kappa shape index (κ2) is 13.0. The summed E-state index contributed by atoms with van der Waals surface area (Å²) in [5.74, 6) is 0.935. The zero-order chi connectivity index (χ0) is 19.2. The standard InChI is InChI=1S/C24H33NO2/c1-27-24-17-13-21(14-18-24)10-8-6-4-2-3-5-7-9-19-25-23-15-11-22(20-26)12-16-23/h11-18,20,25H,2-10,19H2,1H3. The van der Waals surface area contributed by atoms with Crippen molar-refractivity contribution >= 4 is 12.0 Å². The van der Waals surface area contributed by atoms with Crippen molar-refractivity contribution in [3.8, 4) is 5.75 Å². The lowest BCUT2D eigenvalue weighted by molar-refractivity contribution is 0.112. The average molecular weight is 368 g/mol. The lowest BCUT2D eigenvalue weighted by atomic mass is 10.0. The van der Waals surface area contributed by atoms with Crippen LogP contribution in [0.4, 0.5) is 5.69 Å². The Bertz CT molecular complexity index is 634. The van der Waals surface area contributed by atoms with E-state index in [-0.39, 0.29) is 0 Å². The van der Waals surface area contributed by atoms with E-state index in [1.54, 1.807) is 7.11 Å². The molecule has 2 rings (SSSR count). The molecule has 0 saturated heterocycles. The molecule has 1 N–H and O–H groups in total. The molecule has 2 aromatic carbocycles. The van der Waals surface area contributed by atoms with Crippen molar-refractivity contribution in [2.24, 2.45) is 0 Å². The third-order valence-corrected chi connectivity index (χ3v) is 4.93. The summed E-state index contributed by atoms with van der Waals surface area (Å²) in [4.78, 5) is 10.6. The highest BCUT2D eigenvalue weighted by Crippen LogP contribution is 2.15. The van der Waals surface area contributed by atoms with Gasteiger partial charge in [0.1, 0.15) is 12.0 Å². The number of nitrogens with one attached hydrogen (secondary N) is 1. The van der Waals surface area contributed by atoms with Gasteiger partial charge < -0.3 is 10.1 Å². The molecule has 2 aromatic rings. The number of benzene rings is 2. The molecular formula is C24H33NO2. The maximum absolute atomic E-state index is 10.6. The number of hydrogen-bond donors (Lipinski definition) is 1. The van der Waals surface area contributed by atoms with Gasteiger partial charge in [-0.05, 0) is 61.2 Å². The van der Waals surface area contributed by atoms with Crippen LogP contribution in [0.1, 0.15) is 67.3 Å². The summed E-state index contributed by atoms with van der Waals surface area (Å²) < 4.78 is 5.19. The van der Waals surface area contributed by atoms with E-state index in [2.05, 4.69) is 17.4 Å². The SMILES string of the molecule is COc1ccc(CCCCCCCCCCNc2ccc(C=O)cc2)cc1. The first-order valence-electron chi connectivity index (χ1n) is 10.2. The quantitative estimate of drug-likeness (QED) is 0.315. The Kier molecular flexibility index (Phi) is 10.1. The number of hydrogen-bond acceptors (Lipinski definition) is 3. The molecule has 0 spiro atoms. The van der Waals surface area contributed by atoms with Gasteiger partial charge in [0.15, 0.2) is 0 Å². The molecule has 0 aromatic heterocycles. The number of aldehydes is 1. The molecule has 27 heavy (non-hydrogen) atoms. The molecule has 3 nitrogen and oxygen atoms in total. The van der Waals surface area contributed by atoms with Crippen LogP contribution in [-0.2, 0) is 6.42 Å². The molecular weight excluding hydrogens is 334 g/mol. The van der Waals surface area contributed by atoms with Crippen molar-refractivity contribution in [1.29, 1.82) is 0 Å². The van der Waals surface area contributed by atoms with Crippen molar-refractivity contribution in [2.75, 3.05) is 19.0 Å². The average Bonchev–Trinajstić information content (AvgIpc) is 2.73. The fraction of sp³-hybridized carbons (Fsp3) is 0.458. The second-order valence-corrected chi connectivity index (χ2v) is 7.09. The predicted molar refractivity (Wildman–Crippen MR) is 114 cm³/mol. The molecule has 3 heteroatoms. The van der Waals surface area contributed by atoms with Crippen LogP contribution in [0.2, 0.25) is 0 Å². The van der Waals surface area contributed by atoms with E-state index in [9.17, 15) is 4.79 Å². The lowest BCUT2D eigenvalue weighted by Crippen LogP contribution is -2.01. The van der Waals surface area contributed by atoms with Crippen LogP contribution in [0.15, 0.2) is 48.5 Å². The molecule has 0 aliphatic heterocycles.